The van der Waals surface area contributed by atoms with Gasteiger partial charge in [0.1, 0.15) is 5.76 Å². The molecule has 3 rings (SSSR count). The van der Waals surface area contributed by atoms with Crippen LogP contribution in [0.1, 0.15) is 41.6 Å². The lowest BCUT2D eigenvalue weighted by Crippen LogP contribution is -2.34. The molecule has 7 nitrogen and oxygen atoms in total. The van der Waals surface area contributed by atoms with Crippen LogP contribution in [0.15, 0.2) is 10.6 Å². The summed E-state index contributed by atoms with van der Waals surface area (Å²) in [5.74, 6) is 0.706. The second kappa shape index (κ2) is 5.23. The van der Waals surface area contributed by atoms with Gasteiger partial charge in [-0.2, -0.15) is 10.1 Å². The number of aromatic nitrogens is 3. The molecule has 0 aromatic carbocycles. The first-order valence-electron chi connectivity index (χ1n) is 7.07. The summed E-state index contributed by atoms with van der Waals surface area (Å²) in [5, 5.41) is 9.86. The summed E-state index contributed by atoms with van der Waals surface area (Å²) >= 11 is 0. The molecular formula is C14H19N5O2. The molecule has 0 radical (unpaired) electrons. The van der Waals surface area contributed by atoms with Gasteiger partial charge in [-0.25, -0.2) is 4.79 Å². The highest BCUT2D eigenvalue weighted by Crippen LogP contribution is 2.29. The van der Waals surface area contributed by atoms with Gasteiger partial charge >= 0.3 is 12.0 Å². The fourth-order valence-electron chi connectivity index (χ4n) is 2.67. The molecule has 1 atom stereocenters. The number of carbonyl (C=O) groups excluding carboxylic acids is 1. The summed E-state index contributed by atoms with van der Waals surface area (Å²) < 4.78 is 7.23. The third-order valence-electron chi connectivity index (χ3n) is 3.93. The van der Waals surface area contributed by atoms with Crippen molar-refractivity contribution in [2.24, 2.45) is 7.05 Å². The zero-order chi connectivity index (χ0) is 15.0. The van der Waals surface area contributed by atoms with Gasteiger partial charge in [0.2, 0.25) is 0 Å². The lowest BCUT2D eigenvalue weighted by molar-refractivity contribution is 0.246. The lowest BCUT2D eigenvalue weighted by Gasteiger charge is -2.23. The van der Waals surface area contributed by atoms with E-state index in [-0.39, 0.29) is 18.1 Å². The van der Waals surface area contributed by atoms with Gasteiger partial charge in [0.05, 0.1) is 17.9 Å². The molecule has 2 aromatic rings. The van der Waals surface area contributed by atoms with Crippen LogP contribution in [0.25, 0.3) is 0 Å². The second-order valence-corrected chi connectivity index (χ2v) is 5.37. The second-order valence-electron chi connectivity index (χ2n) is 5.37. The van der Waals surface area contributed by atoms with Crippen LogP contribution in [0.2, 0.25) is 0 Å². The summed E-state index contributed by atoms with van der Waals surface area (Å²) in [5.41, 5.74) is 3.06. The molecular weight excluding hydrogens is 270 g/mol. The molecule has 0 fully saturated rings. The highest BCUT2D eigenvalue weighted by molar-refractivity contribution is 5.87. The molecule has 1 aliphatic carbocycles. The molecule has 7 heteroatoms. The number of amides is 2. The predicted molar refractivity (Wildman–Crippen MR) is 77.0 cm³/mol. The van der Waals surface area contributed by atoms with Crippen LogP contribution < -0.4 is 10.6 Å². The van der Waals surface area contributed by atoms with E-state index in [2.05, 4.69) is 20.7 Å². The summed E-state index contributed by atoms with van der Waals surface area (Å²) in [4.78, 5) is 16.2. The third-order valence-corrected chi connectivity index (χ3v) is 3.93. The molecule has 1 unspecified atom stereocenters. The van der Waals surface area contributed by atoms with Gasteiger partial charge in [-0.1, -0.05) is 0 Å². The van der Waals surface area contributed by atoms with Gasteiger partial charge in [-0.15, -0.1) is 0 Å². The van der Waals surface area contributed by atoms with Crippen molar-refractivity contribution in [1.29, 1.82) is 0 Å². The maximum atomic E-state index is 12.1. The van der Waals surface area contributed by atoms with Crippen molar-refractivity contribution in [3.05, 3.63) is 28.9 Å². The van der Waals surface area contributed by atoms with Gasteiger partial charge < -0.3 is 9.73 Å². The van der Waals surface area contributed by atoms with E-state index in [1.54, 1.807) is 0 Å². The number of urea groups is 1. The van der Waals surface area contributed by atoms with Crippen LogP contribution in [0.5, 0.6) is 0 Å². The molecule has 21 heavy (non-hydrogen) atoms. The van der Waals surface area contributed by atoms with E-state index in [0.717, 1.165) is 30.5 Å². The molecule has 2 aromatic heterocycles. The molecule has 2 heterocycles. The van der Waals surface area contributed by atoms with Crippen molar-refractivity contribution in [2.45, 2.75) is 39.2 Å². The van der Waals surface area contributed by atoms with Gasteiger partial charge in [-0.05, 0) is 33.1 Å². The average molecular weight is 289 g/mol. The maximum Gasteiger partial charge on any atom is 0.323 e. The minimum absolute atomic E-state index is 0.0143. The number of hydrogen-bond acceptors (Lipinski definition) is 4. The highest BCUT2D eigenvalue weighted by Gasteiger charge is 2.25. The van der Waals surface area contributed by atoms with E-state index in [9.17, 15) is 4.79 Å². The third kappa shape index (κ3) is 2.63. The zero-order valence-corrected chi connectivity index (χ0v) is 12.4. The Morgan fingerprint density at radius 3 is 3.00 bits per heavy atom. The summed E-state index contributed by atoms with van der Waals surface area (Å²) in [6, 6.07) is -0.0951. The average Bonchev–Trinajstić information content (AvgIpc) is 2.95. The first kappa shape index (κ1) is 13.7. The van der Waals surface area contributed by atoms with Crippen molar-refractivity contribution >= 4 is 12.0 Å². The van der Waals surface area contributed by atoms with E-state index < -0.39 is 0 Å². The molecule has 0 aliphatic heterocycles. The maximum absolute atomic E-state index is 12.1. The topological polar surface area (TPSA) is 85.0 Å². The number of oxazole rings is 1. The minimum atomic E-state index is -0.307. The largest absolute Gasteiger partial charge is 0.428 e. The van der Waals surface area contributed by atoms with Crippen LogP contribution in [0.3, 0.4) is 0 Å². The molecule has 112 valence electrons. The number of carbonyl (C=O) groups is 1. The van der Waals surface area contributed by atoms with Gasteiger partial charge in [0.15, 0.2) is 0 Å². The molecule has 0 saturated heterocycles. The van der Waals surface area contributed by atoms with Crippen molar-refractivity contribution in [2.75, 3.05) is 5.32 Å². The Balaban J connectivity index is 1.68. The normalized spacial score (nSPS) is 17.4. The van der Waals surface area contributed by atoms with Crippen LogP contribution in [0.4, 0.5) is 10.8 Å². The van der Waals surface area contributed by atoms with Crippen molar-refractivity contribution in [3.63, 3.8) is 0 Å². The molecule has 2 amide bonds. The van der Waals surface area contributed by atoms with Crippen LogP contribution in [0, 0.1) is 13.8 Å². The van der Waals surface area contributed by atoms with E-state index in [1.165, 1.54) is 5.69 Å². The SMILES string of the molecule is Cc1nc(NC(=O)NC2CCCc3c2cnn3C)oc1C. The Bertz CT molecular complexity index is 653. The lowest BCUT2D eigenvalue weighted by atomic mass is 9.93. The fourth-order valence-corrected chi connectivity index (χ4v) is 2.67. The highest BCUT2D eigenvalue weighted by atomic mass is 16.4. The monoisotopic (exact) mass is 289 g/mol. The van der Waals surface area contributed by atoms with E-state index in [1.807, 2.05) is 31.8 Å². The summed E-state index contributed by atoms with van der Waals surface area (Å²) in [6.07, 6.45) is 4.78. The molecule has 2 N–H and O–H groups in total. The molecule has 1 aliphatic rings. The fraction of sp³-hybridized carbons (Fsp3) is 0.500. The first-order chi connectivity index (χ1) is 10.0. The number of hydrogen-bond donors (Lipinski definition) is 2. The van der Waals surface area contributed by atoms with Crippen molar-refractivity contribution in [3.8, 4) is 0 Å². The number of rotatable bonds is 2. The zero-order valence-electron chi connectivity index (χ0n) is 12.4. The Labute approximate surface area is 122 Å². The standard InChI is InChI=1S/C14H19N5O2/c1-8-9(2)21-14(16-8)18-13(20)17-11-5-4-6-12-10(11)7-15-19(12)3/h7,11H,4-6H2,1-3H3,(H2,16,17,18,20). The quantitative estimate of drug-likeness (QED) is 0.887. The number of fused-ring (bicyclic) bond motifs is 1. The van der Waals surface area contributed by atoms with Crippen LogP contribution in [-0.2, 0) is 13.5 Å². The van der Waals surface area contributed by atoms with Crippen molar-refractivity contribution in [1.82, 2.24) is 20.1 Å². The molecule has 0 spiro atoms. The predicted octanol–water partition coefficient (Wildman–Crippen LogP) is 2.22. The van der Waals surface area contributed by atoms with Crippen LogP contribution in [-0.4, -0.2) is 20.8 Å². The van der Waals surface area contributed by atoms with Crippen LogP contribution >= 0.6 is 0 Å². The number of nitrogens with one attached hydrogen (secondary N) is 2. The Kier molecular flexibility index (Phi) is 3.40. The first-order valence-corrected chi connectivity index (χ1v) is 7.07. The summed E-state index contributed by atoms with van der Waals surface area (Å²) in [6.45, 7) is 3.65. The van der Waals surface area contributed by atoms with E-state index in [0.29, 0.717) is 5.76 Å². The van der Waals surface area contributed by atoms with E-state index >= 15 is 0 Å². The van der Waals surface area contributed by atoms with Crippen molar-refractivity contribution < 1.29 is 9.21 Å². The Hall–Kier alpha value is -2.31. The van der Waals surface area contributed by atoms with Gasteiger partial charge in [-0.3, -0.25) is 10.00 Å². The number of anilines is 1. The van der Waals surface area contributed by atoms with E-state index in [4.69, 9.17) is 4.42 Å². The Morgan fingerprint density at radius 2 is 2.29 bits per heavy atom. The number of nitrogens with zero attached hydrogens (tertiary/aromatic N) is 3. The van der Waals surface area contributed by atoms with Gasteiger partial charge in [0.25, 0.3) is 0 Å². The Morgan fingerprint density at radius 1 is 1.48 bits per heavy atom. The smallest absolute Gasteiger partial charge is 0.323 e. The summed E-state index contributed by atoms with van der Waals surface area (Å²) in [7, 11) is 1.93. The van der Waals surface area contributed by atoms with Gasteiger partial charge in [0, 0.05) is 18.3 Å². The molecule has 0 bridgehead atoms. The minimum Gasteiger partial charge on any atom is -0.428 e. The number of aryl methyl sites for hydroxylation is 3. The molecule has 0 saturated carbocycles.